The predicted molar refractivity (Wildman–Crippen MR) is 157 cm³/mol. The van der Waals surface area contributed by atoms with Gasteiger partial charge in [0.05, 0.1) is 18.6 Å². The number of likely N-dealkylation sites (N-methyl/N-ethyl adjacent to an activating group) is 1. The van der Waals surface area contributed by atoms with Gasteiger partial charge >= 0.3 is 0 Å². The number of anilines is 1. The Morgan fingerprint density at radius 1 is 1.09 bits per heavy atom. The first-order valence-electron chi connectivity index (χ1n) is 14.2. The van der Waals surface area contributed by atoms with Crippen molar-refractivity contribution in [2.45, 2.75) is 44.0 Å². The molecular weight excluding hydrogens is 597 g/mol. The molecule has 14 heteroatoms. The van der Waals surface area contributed by atoms with Gasteiger partial charge in [-0.3, -0.25) is 14.4 Å². The molecule has 1 unspecified atom stereocenters. The quantitative estimate of drug-likeness (QED) is 0.156. The number of hydrogen-bond acceptors (Lipinski definition) is 10. The molecule has 1 amide bonds. The van der Waals surface area contributed by atoms with Crippen molar-refractivity contribution in [2.24, 2.45) is 17.6 Å². The van der Waals surface area contributed by atoms with Crippen LogP contribution >= 0.6 is 0 Å². The van der Waals surface area contributed by atoms with Gasteiger partial charge in [-0.2, -0.15) is 0 Å². The summed E-state index contributed by atoms with van der Waals surface area (Å²) in [4.78, 5) is 42.3. The summed E-state index contributed by atoms with van der Waals surface area (Å²) in [6.07, 6.45) is -0.866. The maximum Gasteiger partial charge on any atom is 0.225 e. The van der Waals surface area contributed by atoms with E-state index < -0.39 is 82.9 Å². The van der Waals surface area contributed by atoms with Crippen LogP contribution in [0.15, 0.2) is 23.8 Å². The molecule has 2 aliphatic rings. The van der Waals surface area contributed by atoms with Gasteiger partial charge in [-0.15, -0.1) is 0 Å². The molecule has 1 fully saturated rings. The number of rotatable bonds is 11. The zero-order valence-electron chi connectivity index (χ0n) is 25.3. The summed E-state index contributed by atoms with van der Waals surface area (Å²) in [5.41, 5.74) is 3.43. The van der Waals surface area contributed by atoms with Gasteiger partial charge in [-0.05, 0) is 62.2 Å². The third-order valence-corrected chi connectivity index (χ3v) is 8.72. The summed E-state index contributed by atoms with van der Waals surface area (Å²) in [5, 5.41) is 47.8. The molecular formula is C31H37F3N4O7. The molecule has 2 aromatic rings. The van der Waals surface area contributed by atoms with Crippen LogP contribution in [0.1, 0.15) is 35.1 Å². The minimum Gasteiger partial charge on any atom is -0.507 e. The highest BCUT2D eigenvalue weighted by atomic mass is 19.2. The van der Waals surface area contributed by atoms with E-state index in [0.29, 0.717) is 11.3 Å². The van der Waals surface area contributed by atoms with Crippen LogP contribution in [-0.4, -0.2) is 89.2 Å². The number of amides is 1. The van der Waals surface area contributed by atoms with Crippen LogP contribution in [0.5, 0.6) is 5.75 Å². The number of aromatic hydroxyl groups is 1. The summed E-state index contributed by atoms with van der Waals surface area (Å²) in [6.45, 7) is -0.711. The fourth-order valence-electron chi connectivity index (χ4n) is 6.53. The van der Waals surface area contributed by atoms with Gasteiger partial charge in [-0.25, -0.2) is 13.2 Å². The number of fused-ring (bicyclic) bond motifs is 2. The van der Waals surface area contributed by atoms with Crippen molar-refractivity contribution in [1.29, 1.82) is 0 Å². The number of aliphatic hydroxyl groups is 3. The van der Waals surface area contributed by atoms with Crippen molar-refractivity contribution in [3.05, 3.63) is 63.5 Å². The first-order valence-corrected chi connectivity index (χ1v) is 14.2. The average molecular weight is 635 g/mol. The number of ketones is 2. The van der Waals surface area contributed by atoms with Crippen LogP contribution in [0.3, 0.4) is 0 Å². The second-order valence-corrected chi connectivity index (χ2v) is 12.0. The summed E-state index contributed by atoms with van der Waals surface area (Å²) >= 11 is 0. The van der Waals surface area contributed by atoms with Gasteiger partial charge in [0.15, 0.2) is 28.8 Å². The highest BCUT2D eigenvalue weighted by Crippen LogP contribution is 2.51. The van der Waals surface area contributed by atoms with Gasteiger partial charge in [-0.1, -0.05) is 0 Å². The van der Waals surface area contributed by atoms with Crippen molar-refractivity contribution < 1.29 is 48.0 Å². The van der Waals surface area contributed by atoms with Crippen LogP contribution in [0.4, 0.5) is 18.9 Å². The van der Waals surface area contributed by atoms with E-state index in [1.54, 1.807) is 44.1 Å². The van der Waals surface area contributed by atoms with Crippen LogP contribution < -0.4 is 16.0 Å². The lowest BCUT2D eigenvalue weighted by Crippen LogP contribution is -2.64. The van der Waals surface area contributed by atoms with Crippen molar-refractivity contribution in [3.63, 3.8) is 0 Å². The van der Waals surface area contributed by atoms with Gasteiger partial charge < -0.3 is 41.3 Å². The van der Waals surface area contributed by atoms with Gasteiger partial charge in [0.2, 0.25) is 11.7 Å². The van der Waals surface area contributed by atoms with Crippen LogP contribution in [0.25, 0.3) is 5.76 Å². The van der Waals surface area contributed by atoms with Crippen molar-refractivity contribution >= 4 is 28.9 Å². The van der Waals surface area contributed by atoms with E-state index in [1.807, 2.05) is 0 Å². The Bertz CT molecular complexity index is 1560. The largest absolute Gasteiger partial charge is 0.507 e. The number of hydrogen-bond donors (Lipinski definition) is 6. The first kappa shape index (κ1) is 33.9. The number of nitrogens with two attached hydrogens (primary N) is 1. The Hall–Kier alpha value is -3.98. The lowest BCUT2D eigenvalue weighted by molar-refractivity contribution is -0.163. The molecule has 0 radical (unpaired) electrons. The number of phenols is 1. The minimum absolute atomic E-state index is 0.0310. The number of Topliss-reactive ketones (excluding diaryl/α,β-unsaturated/α-hetero) is 2. The molecule has 4 atom stereocenters. The Morgan fingerprint density at radius 2 is 1.71 bits per heavy atom. The molecule has 244 valence electrons. The molecule has 0 saturated heterocycles. The number of nitrogens with zero attached hydrogens (tertiary/aromatic N) is 2. The van der Waals surface area contributed by atoms with Crippen molar-refractivity contribution in [1.82, 2.24) is 10.2 Å². The Balaban J connectivity index is 1.80. The molecule has 0 aromatic heterocycles. The predicted octanol–water partition coefficient (Wildman–Crippen LogP) is 1.29. The van der Waals surface area contributed by atoms with Crippen LogP contribution in [0, 0.1) is 29.3 Å². The lowest BCUT2D eigenvalue weighted by Gasteiger charge is -2.47. The molecule has 1 saturated carbocycles. The number of halogens is 3. The summed E-state index contributed by atoms with van der Waals surface area (Å²) in [7, 11) is 6.66. The molecule has 2 aromatic carbocycles. The van der Waals surface area contributed by atoms with Gasteiger partial charge in [0.25, 0.3) is 0 Å². The second-order valence-electron chi connectivity index (χ2n) is 12.0. The van der Waals surface area contributed by atoms with E-state index in [2.05, 4.69) is 5.32 Å². The highest BCUT2D eigenvalue weighted by Gasteiger charge is 2.60. The average Bonchev–Trinajstić information content (AvgIpc) is 2.94. The topological polar surface area (TPSA) is 177 Å². The van der Waals surface area contributed by atoms with Gasteiger partial charge in [0, 0.05) is 56.0 Å². The zero-order valence-corrected chi connectivity index (χ0v) is 25.3. The normalized spacial score (nSPS) is 21.9. The molecule has 2 aliphatic carbocycles. The summed E-state index contributed by atoms with van der Waals surface area (Å²) in [6, 6.07) is 2.44. The first-order chi connectivity index (χ1) is 21.0. The molecule has 11 nitrogen and oxygen atoms in total. The van der Waals surface area contributed by atoms with E-state index in [4.69, 9.17) is 5.73 Å². The van der Waals surface area contributed by atoms with E-state index >= 15 is 0 Å². The molecule has 0 aliphatic heterocycles. The fraction of sp³-hybridized carbons (Fsp3) is 0.452. The standard InChI is InChI=1S/C31H37F3N4O7/c1-37(2)21-9-16(12-36-11-14-5-19(32)27(34)20(33)6-14)28(42)26-17(21)7-15-8-18(22(13-39)38(3)4)31(45,23(40)10-24(35)41)30(44)25(15)29(26)43/h5-6,9,15,18,22,36,39,42-43,45H,7-8,10-13H2,1-4H3,(H2,35,41)/t15-,18-,22?,31+/m0/s1. The molecule has 45 heavy (non-hydrogen) atoms. The Kier molecular flexibility index (Phi) is 9.64. The molecule has 0 spiro atoms. The van der Waals surface area contributed by atoms with E-state index in [9.17, 15) is 48.0 Å². The zero-order chi connectivity index (χ0) is 33.5. The Labute approximate surface area is 257 Å². The minimum atomic E-state index is -2.80. The number of nitrogens with one attached hydrogen (secondary N) is 1. The van der Waals surface area contributed by atoms with E-state index in [-0.39, 0.29) is 48.2 Å². The third kappa shape index (κ3) is 6.02. The van der Waals surface area contributed by atoms with Crippen molar-refractivity contribution in [2.75, 3.05) is 39.7 Å². The number of primary amides is 1. The van der Waals surface area contributed by atoms with Gasteiger partial charge in [0.1, 0.15) is 11.5 Å². The van der Waals surface area contributed by atoms with E-state index in [1.165, 1.54) is 0 Å². The smallest absolute Gasteiger partial charge is 0.225 e. The lowest BCUT2D eigenvalue weighted by atomic mass is 9.59. The fourth-order valence-corrected chi connectivity index (χ4v) is 6.53. The van der Waals surface area contributed by atoms with Crippen LogP contribution in [-0.2, 0) is 33.9 Å². The molecule has 7 N–H and O–H groups in total. The summed E-state index contributed by atoms with van der Waals surface area (Å²) in [5.74, 6) is -10.6. The third-order valence-electron chi connectivity index (χ3n) is 8.72. The monoisotopic (exact) mass is 634 g/mol. The van der Waals surface area contributed by atoms with E-state index in [0.717, 1.165) is 12.1 Å². The maximum absolute atomic E-state index is 14.1. The number of aliphatic hydroxyl groups excluding tert-OH is 2. The number of phenolic OH excluding ortho intramolecular Hbond substituents is 1. The molecule has 4 rings (SSSR count). The Morgan fingerprint density at radius 3 is 2.24 bits per heavy atom. The number of carbonyl (C=O) groups excluding carboxylic acids is 3. The molecule has 0 heterocycles. The SMILES string of the molecule is CN(C)c1cc(CNCc2cc(F)c(F)c(F)c2)c(O)c2c1C[C@H]1C[C@@H](C(CO)N(C)C)[C@@](O)(C(=O)CC(N)=O)C(=O)C1=C2O. The van der Waals surface area contributed by atoms with Crippen molar-refractivity contribution in [3.8, 4) is 5.75 Å². The van der Waals surface area contributed by atoms with Crippen LogP contribution in [0.2, 0.25) is 0 Å². The second kappa shape index (κ2) is 12.8. The molecule has 0 bridgehead atoms. The number of benzene rings is 2. The number of carbonyl (C=O) groups is 3. The highest BCUT2D eigenvalue weighted by molar-refractivity contribution is 6.23. The summed E-state index contributed by atoms with van der Waals surface area (Å²) < 4.78 is 40.7. The maximum atomic E-state index is 14.1.